The first kappa shape index (κ1) is 13.9. The molecule has 0 aliphatic rings. The Hall–Kier alpha value is -3.08. The van der Waals surface area contributed by atoms with Crippen LogP contribution >= 0.6 is 0 Å². The van der Waals surface area contributed by atoms with Gasteiger partial charge in [-0.2, -0.15) is 4.99 Å². The number of aromatic amines is 1. The molecule has 0 bridgehead atoms. The number of hydrogen-bond donors (Lipinski definition) is 3. The van der Waals surface area contributed by atoms with Crippen molar-refractivity contribution in [2.75, 3.05) is 0 Å². The summed E-state index contributed by atoms with van der Waals surface area (Å²) in [6.07, 6.45) is 0.631. The Bertz CT molecular complexity index is 845. The summed E-state index contributed by atoms with van der Waals surface area (Å²) < 4.78 is 0. The average molecular weight is 292 g/mol. The number of para-hydroxylation sites is 1. The van der Waals surface area contributed by atoms with Gasteiger partial charge >= 0.3 is 0 Å². The molecule has 0 aliphatic heterocycles. The number of hydrogen-bond acceptors (Lipinski definition) is 1. The van der Waals surface area contributed by atoms with E-state index < -0.39 is 5.91 Å². The van der Waals surface area contributed by atoms with Gasteiger partial charge < -0.3 is 16.5 Å². The van der Waals surface area contributed by atoms with Gasteiger partial charge in [-0.1, -0.05) is 48.5 Å². The maximum atomic E-state index is 12.3. The highest BCUT2D eigenvalue weighted by atomic mass is 16.1. The van der Waals surface area contributed by atoms with Crippen LogP contribution in [0.15, 0.2) is 59.6 Å². The van der Waals surface area contributed by atoms with Gasteiger partial charge in [0.25, 0.3) is 5.91 Å². The normalized spacial score (nSPS) is 10.5. The van der Waals surface area contributed by atoms with Crippen molar-refractivity contribution in [2.45, 2.75) is 6.42 Å². The lowest BCUT2D eigenvalue weighted by Crippen LogP contribution is -2.24. The van der Waals surface area contributed by atoms with Crippen LogP contribution in [0.3, 0.4) is 0 Å². The maximum Gasteiger partial charge on any atom is 0.296 e. The van der Waals surface area contributed by atoms with Crippen molar-refractivity contribution in [3.8, 4) is 0 Å². The number of H-pyrrole nitrogens is 1. The molecular weight excluding hydrogens is 276 g/mol. The van der Waals surface area contributed by atoms with Crippen LogP contribution in [0.2, 0.25) is 0 Å². The van der Waals surface area contributed by atoms with Gasteiger partial charge in [-0.15, -0.1) is 0 Å². The number of nitrogens with two attached hydrogens (primary N) is 2. The molecule has 0 atom stereocenters. The molecule has 1 amide bonds. The summed E-state index contributed by atoms with van der Waals surface area (Å²) in [6.45, 7) is 0. The number of fused-ring (bicyclic) bond motifs is 1. The van der Waals surface area contributed by atoms with Gasteiger partial charge in [0.2, 0.25) is 0 Å². The number of nitrogens with one attached hydrogen (secondary N) is 1. The Morgan fingerprint density at radius 2 is 1.68 bits per heavy atom. The van der Waals surface area contributed by atoms with Crippen LogP contribution in [0.4, 0.5) is 0 Å². The summed E-state index contributed by atoms with van der Waals surface area (Å²) in [5.74, 6) is -0.698. The Morgan fingerprint density at radius 3 is 2.41 bits per heavy atom. The number of aliphatic imine (C=N–C) groups is 1. The largest absolute Gasteiger partial charge is 0.370 e. The molecule has 0 fully saturated rings. The summed E-state index contributed by atoms with van der Waals surface area (Å²) in [6, 6.07) is 17.7. The molecule has 22 heavy (non-hydrogen) atoms. The molecule has 3 rings (SSSR count). The Kier molecular flexibility index (Phi) is 3.62. The van der Waals surface area contributed by atoms with Gasteiger partial charge in [-0.25, -0.2) is 0 Å². The van der Waals surface area contributed by atoms with Crippen LogP contribution in [-0.4, -0.2) is 16.9 Å². The zero-order valence-electron chi connectivity index (χ0n) is 11.9. The molecule has 0 spiro atoms. The number of guanidine groups is 1. The molecule has 1 heterocycles. The standard InChI is InChI=1S/C17H16N4O/c18-17(19)21-16(22)15-13(10-11-6-2-1-3-7-11)12-8-4-5-9-14(12)20-15/h1-9,20H,10H2,(H4,18,19,21,22). The number of amides is 1. The molecule has 2 aromatic carbocycles. The van der Waals surface area contributed by atoms with Crippen molar-refractivity contribution in [3.63, 3.8) is 0 Å². The minimum absolute atomic E-state index is 0.241. The second-order valence-electron chi connectivity index (χ2n) is 5.03. The number of benzene rings is 2. The van der Waals surface area contributed by atoms with Crippen LogP contribution in [-0.2, 0) is 6.42 Å². The summed E-state index contributed by atoms with van der Waals surface area (Å²) in [7, 11) is 0. The van der Waals surface area contributed by atoms with E-state index in [-0.39, 0.29) is 5.96 Å². The lowest BCUT2D eigenvalue weighted by Gasteiger charge is -2.03. The van der Waals surface area contributed by atoms with Crippen molar-refractivity contribution < 1.29 is 4.79 Å². The van der Waals surface area contributed by atoms with Crippen LogP contribution in [0.25, 0.3) is 10.9 Å². The second-order valence-corrected chi connectivity index (χ2v) is 5.03. The predicted octanol–water partition coefficient (Wildman–Crippen LogP) is 2.17. The second kappa shape index (κ2) is 5.73. The first-order valence-corrected chi connectivity index (χ1v) is 6.92. The number of rotatable bonds is 3. The molecule has 110 valence electrons. The average Bonchev–Trinajstić information content (AvgIpc) is 2.87. The third-order valence-electron chi connectivity index (χ3n) is 3.48. The van der Waals surface area contributed by atoms with Gasteiger partial charge in [-0.05, 0) is 17.2 Å². The van der Waals surface area contributed by atoms with Crippen molar-refractivity contribution in [1.82, 2.24) is 4.98 Å². The van der Waals surface area contributed by atoms with Crippen LogP contribution < -0.4 is 11.5 Å². The SMILES string of the molecule is NC(N)=NC(=O)c1[nH]c2ccccc2c1Cc1ccccc1. The lowest BCUT2D eigenvalue weighted by molar-refractivity contribution is 0.0998. The molecule has 3 aromatic rings. The third-order valence-corrected chi connectivity index (χ3v) is 3.48. The molecule has 0 saturated carbocycles. The number of carbonyl (C=O) groups excluding carboxylic acids is 1. The monoisotopic (exact) mass is 292 g/mol. The van der Waals surface area contributed by atoms with E-state index in [0.29, 0.717) is 12.1 Å². The van der Waals surface area contributed by atoms with Gasteiger partial charge in [0, 0.05) is 17.3 Å². The zero-order chi connectivity index (χ0) is 15.5. The topological polar surface area (TPSA) is 97.3 Å². The Labute approximate surface area is 127 Å². The van der Waals surface area contributed by atoms with Crippen molar-refractivity contribution >= 4 is 22.8 Å². The molecule has 1 aromatic heterocycles. The van der Waals surface area contributed by atoms with E-state index in [1.165, 1.54) is 0 Å². The molecule has 0 unspecified atom stereocenters. The third kappa shape index (κ3) is 2.69. The molecule has 0 aliphatic carbocycles. The highest BCUT2D eigenvalue weighted by molar-refractivity contribution is 6.05. The van der Waals surface area contributed by atoms with E-state index in [4.69, 9.17) is 11.5 Å². The highest BCUT2D eigenvalue weighted by Gasteiger charge is 2.17. The molecule has 0 saturated heterocycles. The Balaban J connectivity index is 2.13. The predicted molar refractivity (Wildman–Crippen MR) is 87.7 cm³/mol. The summed E-state index contributed by atoms with van der Waals surface area (Å²) in [5, 5.41) is 1.00. The number of carbonyl (C=O) groups is 1. The first-order chi connectivity index (χ1) is 10.6. The van der Waals surface area contributed by atoms with Crippen molar-refractivity contribution in [2.24, 2.45) is 16.5 Å². The smallest absolute Gasteiger partial charge is 0.296 e. The quantitative estimate of drug-likeness (QED) is 0.509. The fourth-order valence-corrected chi connectivity index (χ4v) is 2.54. The maximum absolute atomic E-state index is 12.3. The molecule has 5 heteroatoms. The molecular formula is C17H16N4O. The minimum atomic E-state index is -0.456. The summed E-state index contributed by atoms with van der Waals surface area (Å²) in [4.78, 5) is 19.0. The van der Waals surface area contributed by atoms with Crippen LogP contribution in [0.5, 0.6) is 0 Å². The Morgan fingerprint density at radius 1 is 1.00 bits per heavy atom. The van der Waals surface area contributed by atoms with E-state index >= 15 is 0 Å². The fourth-order valence-electron chi connectivity index (χ4n) is 2.54. The van der Waals surface area contributed by atoms with E-state index in [9.17, 15) is 4.79 Å². The van der Waals surface area contributed by atoms with E-state index in [1.807, 2.05) is 54.6 Å². The van der Waals surface area contributed by atoms with Gasteiger partial charge in [0.15, 0.2) is 5.96 Å². The van der Waals surface area contributed by atoms with Crippen LogP contribution in [0, 0.1) is 0 Å². The van der Waals surface area contributed by atoms with Crippen molar-refractivity contribution in [1.29, 1.82) is 0 Å². The first-order valence-electron chi connectivity index (χ1n) is 6.92. The lowest BCUT2D eigenvalue weighted by atomic mass is 10.0. The summed E-state index contributed by atoms with van der Waals surface area (Å²) >= 11 is 0. The van der Waals surface area contributed by atoms with Gasteiger partial charge in [-0.3, -0.25) is 4.79 Å². The van der Waals surface area contributed by atoms with Crippen molar-refractivity contribution in [3.05, 3.63) is 71.4 Å². The van der Waals surface area contributed by atoms with Gasteiger partial charge in [0.1, 0.15) is 5.69 Å². The number of aromatic nitrogens is 1. The fraction of sp³-hybridized carbons (Fsp3) is 0.0588. The highest BCUT2D eigenvalue weighted by Crippen LogP contribution is 2.25. The number of nitrogens with zero attached hydrogens (tertiary/aromatic N) is 1. The van der Waals surface area contributed by atoms with E-state index in [2.05, 4.69) is 9.98 Å². The zero-order valence-corrected chi connectivity index (χ0v) is 11.9. The van der Waals surface area contributed by atoms with Gasteiger partial charge in [0.05, 0.1) is 0 Å². The minimum Gasteiger partial charge on any atom is -0.370 e. The van der Waals surface area contributed by atoms with E-state index in [1.54, 1.807) is 0 Å². The summed E-state index contributed by atoms with van der Waals surface area (Å²) in [5.41, 5.74) is 14.0. The van der Waals surface area contributed by atoms with Crippen LogP contribution in [0.1, 0.15) is 21.6 Å². The molecule has 5 N–H and O–H groups in total. The van der Waals surface area contributed by atoms with E-state index in [0.717, 1.165) is 22.0 Å². The molecule has 5 nitrogen and oxygen atoms in total. The molecule has 0 radical (unpaired) electrons.